The van der Waals surface area contributed by atoms with Crippen molar-refractivity contribution in [3.63, 3.8) is 0 Å². The lowest BCUT2D eigenvalue weighted by molar-refractivity contribution is 0.402. The first kappa shape index (κ1) is 39.1. The molecule has 0 spiro atoms. The molecule has 8 rings (SSSR count). The molecule has 8 aromatic rings. The zero-order chi connectivity index (χ0) is 39.8. The summed E-state index contributed by atoms with van der Waals surface area (Å²) in [6.07, 6.45) is 3.01. The second-order valence-corrected chi connectivity index (χ2v) is 20.9. The van der Waals surface area contributed by atoms with E-state index in [1.807, 2.05) is 41.9 Å². The van der Waals surface area contributed by atoms with Gasteiger partial charge in [0.05, 0.1) is 66.3 Å². The lowest BCUT2D eigenvalue weighted by Gasteiger charge is -2.21. The normalized spacial score (nSPS) is 12.1. The molecule has 0 saturated carbocycles. The highest BCUT2D eigenvalue weighted by Crippen LogP contribution is 2.41. The molecular formula is C40H40N8O4S4. The van der Waals surface area contributed by atoms with E-state index in [4.69, 9.17) is 9.47 Å². The molecule has 0 saturated heterocycles. The van der Waals surface area contributed by atoms with Crippen LogP contribution in [0.15, 0.2) is 94.1 Å². The Morgan fingerprint density at radius 2 is 1.11 bits per heavy atom. The Hall–Kier alpha value is -5.16. The van der Waals surface area contributed by atoms with Crippen LogP contribution in [0.1, 0.15) is 41.5 Å². The van der Waals surface area contributed by atoms with Crippen LogP contribution in [0.25, 0.3) is 42.2 Å². The number of anilines is 4. The van der Waals surface area contributed by atoms with Crippen LogP contribution in [0.4, 0.5) is 23.0 Å². The van der Waals surface area contributed by atoms with Gasteiger partial charge in [0.2, 0.25) is 0 Å². The highest BCUT2D eigenvalue weighted by atomic mass is 32.2. The van der Waals surface area contributed by atoms with E-state index >= 15 is 0 Å². The molecule has 56 heavy (non-hydrogen) atoms. The number of benzene rings is 4. The topological polar surface area (TPSA) is 154 Å². The number of sulfone groups is 1. The van der Waals surface area contributed by atoms with Crippen molar-refractivity contribution in [1.29, 1.82) is 0 Å². The second-order valence-electron chi connectivity index (χ2n) is 14.6. The first-order valence-corrected chi connectivity index (χ1v) is 21.5. The van der Waals surface area contributed by atoms with Crippen molar-refractivity contribution in [3.8, 4) is 11.5 Å². The predicted molar refractivity (Wildman–Crippen MR) is 231 cm³/mol. The monoisotopic (exact) mass is 824 g/mol. The maximum atomic E-state index is 13.1. The fraction of sp³-hybridized carbons (Fsp3) is 0.250. The average molecular weight is 825 g/mol. The highest BCUT2D eigenvalue weighted by molar-refractivity contribution is 8.00. The van der Waals surface area contributed by atoms with Crippen LogP contribution in [-0.4, -0.2) is 62.0 Å². The van der Waals surface area contributed by atoms with Crippen molar-refractivity contribution >= 4 is 110 Å². The van der Waals surface area contributed by atoms with E-state index in [1.165, 1.54) is 18.1 Å². The van der Waals surface area contributed by atoms with E-state index in [-0.39, 0.29) is 15.4 Å². The zero-order valence-corrected chi connectivity index (χ0v) is 35.3. The van der Waals surface area contributed by atoms with Gasteiger partial charge in [0.1, 0.15) is 40.7 Å². The third-order valence-electron chi connectivity index (χ3n) is 8.54. The zero-order valence-electron chi connectivity index (χ0n) is 32.0. The number of thioether (sulfide) groups is 1. The molecule has 4 aromatic heterocycles. The average Bonchev–Trinajstić information content (AvgIpc) is 3.83. The largest absolute Gasteiger partial charge is 0.496 e. The predicted octanol–water partition coefficient (Wildman–Crippen LogP) is 10.4. The Kier molecular flexibility index (Phi) is 10.8. The van der Waals surface area contributed by atoms with Gasteiger partial charge < -0.3 is 20.1 Å². The summed E-state index contributed by atoms with van der Waals surface area (Å²) in [7, 11) is -0.496. The summed E-state index contributed by atoms with van der Waals surface area (Å²) < 4.78 is 38.5. The molecule has 0 atom stereocenters. The van der Waals surface area contributed by atoms with Gasteiger partial charge in [-0.2, -0.15) is 0 Å². The number of thiazole rings is 2. The molecule has 12 nitrogen and oxygen atoms in total. The lowest BCUT2D eigenvalue weighted by Crippen LogP contribution is -2.28. The van der Waals surface area contributed by atoms with Crippen molar-refractivity contribution in [3.05, 3.63) is 84.3 Å². The van der Waals surface area contributed by atoms with E-state index < -0.39 is 14.6 Å². The number of methoxy groups -OCH3 is 2. The smallest absolute Gasteiger partial charge is 0.186 e. The van der Waals surface area contributed by atoms with Crippen LogP contribution in [0.5, 0.6) is 11.5 Å². The molecule has 2 N–H and O–H groups in total. The van der Waals surface area contributed by atoms with Crippen molar-refractivity contribution in [1.82, 2.24) is 29.9 Å². The third-order valence-corrected chi connectivity index (χ3v) is 13.8. The molecule has 0 aliphatic carbocycles. The van der Waals surface area contributed by atoms with Crippen LogP contribution in [0, 0.1) is 0 Å². The molecule has 4 heterocycles. The van der Waals surface area contributed by atoms with E-state index in [2.05, 4.69) is 73.4 Å². The van der Waals surface area contributed by atoms with E-state index in [0.717, 1.165) is 54.5 Å². The minimum atomic E-state index is -3.64. The van der Waals surface area contributed by atoms with Gasteiger partial charge in [0.25, 0.3) is 0 Å². The van der Waals surface area contributed by atoms with Gasteiger partial charge in [-0.1, -0.05) is 20.8 Å². The summed E-state index contributed by atoms with van der Waals surface area (Å²) in [4.78, 5) is 27.4. The Morgan fingerprint density at radius 1 is 0.607 bits per heavy atom. The molecule has 0 fully saturated rings. The Labute approximate surface area is 337 Å². The molecule has 4 aromatic carbocycles. The summed E-state index contributed by atoms with van der Waals surface area (Å²) in [5, 5.41) is 8.24. The van der Waals surface area contributed by atoms with Gasteiger partial charge in [-0.3, -0.25) is 0 Å². The molecule has 0 radical (unpaired) electrons. The van der Waals surface area contributed by atoms with Crippen LogP contribution >= 0.6 is 34.4 Å². The number of aromatic nitrogens is 6. The first-order valence-electron chi connectivity index (χ1n) is 17.4. The van der Waals surface area contributed by atoms with Gasteiger partial charge in [-0.25, -0.2) is 38.3 Å². The molecule has 0 aliphatic rings. The van der Waals surface area contributed by atoms with Gasteiger partial charge in [-0.15, -0.1) is 34.4 Å². The Morgan fingerprint density at radius 3 is 1.59 bits per heavy atom. The fourth-order valence-electron chi connectivity index (χ4n) is 5.74. The Balaban J connectivity index is 0.000000172. The molecule has 0 bridgehead atoms. The molecule has 0 aliphatic heterocycles. The maximum Gasteiger partial charge on any atom is 0.186 e. The number of nitrogens with zero attached hydrogens (tertiary/aromatic N) is 6. The van der Waals surface area contributed by atoms with Crippen LogP contribution < -0.4 is 20.1 Å². The summed E-state index contributed by atoms with van der Waals surface area (Å²) in [6.45, 7) is 11.5. The Bertz CT molecular complexity index is 2830. The van der Waals surface area contributed by atoms with Crippen molar-refractivity contribution in [2.45, 2.75) is 60.8 Å². The van der Waals surface area contributed by atoms with Crippen molar-refractivity contribution in [2.75, 3.05) is 24.9 Å². The van der Waals surface area contributed by atoms with Crippen LogP contribution in [0.3, 0.4) is 0 Å². The van der Waals surface area contributed by atoms with Crippen LogP contribution in [-0.2, 0) is 9.84 Å². The molecule has 0 unspecified atom stereocenters. The first-order chi connectivity index (χ1) is 26.6. The highest BCUT2D eigenvalue weighted by Gasteiger charge is 2.34. The van der Waals surface area contributed by atoms with Crippen molar-refractivity contribution < 1.29 is 17.9 Å². The lowest BCUT2D eigenvalue weighted by atomic mass is 10.2. The summed E-state index contributed by atoms with van der Waals surface area (Å²) in [6, 6.07) is 19.3. The third kappa shape index (κ3) is 8.19. The SMILES string of the molecule is COc1cc2ncnc(Nc3ccc4scnc4c3)c2cc1S(=O)(=O)C(C)(C)C.COc1cc2ncnc(Nc3ccc4scnc4c3)c2cc1SC(C)(C)C. The minimum absolute atomic E-state index is 0.0693. The van der Waals surface area contributed by atoms with Gasteiger partial charge in [0.15, 0.2) is 9.84 Å². The number of ether oxygens (including phenoxy) is 2. The van der Waals surface area contributed by atoms with Gasteiger partial charge >= 0.3 is 0 Å². The van der Waals surface area contributed by atoms with Crippen LogP contribution in [0.2, 0.25) is 0 Å². The number of nitrogens with one attached hydrogen (secondary N) is 2. The molecule has 16 heteroatoms. The quantitative estimate of drug-likeness (QED) is 0.140. The van der Waals surface area contributed by atoms with Crippen molar-refractivity contribution in [2.24, 2.45) is 0 Å². The molecule has 288 valence electrons. The summed E-state index contributed by atoms with van der Waals surface area (Å²) in [5.74, 6) is 2.38. The van der Waals surface area contributed by atoms with E-state index in [0.29, 0.717) is 16.7 Å². The minimum Gasteiger partial charge on any atom is -0.496 e. The van der Waals surface area contributed by atoms with Gasteiger partial charge in [0, 0.05) is 39.0 Å². The molecular weight excluding hydrogens is 785 g/mol. The van der Waals surface area contributed by atoms with E-state index in [1.54, 1.807) is 86.3 Å². The number of fused-ring (bicyclic) bond motifs is 4. The second kappa shape index (κ2) is 15.4. The number of hydrogen-bond acceptors (Lipinski definition) is 15. The standard InChI is InChI=1S/C20H20N4O3S2.C20H20N4OS2/c1-20(2,3)29(25,26)18-8-13-14(9-16(18)27-4)21-10-22-19(13)24-12-5-6-17-15(7-12)23-11-28-17;1-20(2,3)27-18-8-13-14(9-16(18)25-4)21-10-22-19(13)24-12-5-6-17-15(7-12)23-11-26-17/h5-11H,1-4H3,(H,21,22,24);5-11H,1-4H3,(H,21,22,24). The number of rotatable bonds is 8. The molecule has 0 amide bonds. The fourth-order valence-corrected chi connectivity index (χ4v) is 9.48. The van der Waals surface area contributed by atoms with Gasteiger partial charge in [-0.05, 0) is 69.3 Å². The number of hydrogen-bond donors (Lipinski definition) is 2. The van der Waals surface area contributed by atoms with E-state index in [9.17, 15) is 8.42 Å². The summed E-state index contributed by atoms with van der Waals surface area (Å²) in [5.41, 5.74) is 8.71. The summed E-state index contributed by atoms with van der Waals surface area (Å²) >= 11 is 4.97. The maximum absolute atomic E-state index is 13.1.